The lowest BCUT2D eigenvalue weighted by atomic mass is 10.0. The molecule has 86 valence electrons. The fraction of sp³-hybridized carbons (Fsp3) is 1.00. The van der Waals surface area contributed by atoms with Crippen LogP contribution in [0.5, 0.6) is 0 Å². The van der Waals surface area contributed by atoms with Gasteiger partial charge in [-0.05, 0) is 47.1 Å². The summed E-state index contributed by atoms with van der Waals surface area (Å²) in [4.78, 5) is 2.45. The quantitative estimate of drug-likeness (QED) is 0.684. The Morgan fingerprint density at radius 2 is 1.79 bits per heavy atom. The van der Waals surface area contributed by atoms with Crippen LogP contribution < -0.4 is 0 Å². The minimum absolute atomic E-state index is 0.528. The lowest BCUT2D eigenvalue weighted by Crippen LogP contribution is -2.36. The van der Waals surface area contributed by atoms with Crippen LogP contribution in [0.25, 0.3) is 0 Å². The van der Waals surface area contributed by atoms with Crippen LogP contribution in [-0.4, -0.2) is 34.7 Å². The van der Waals surface area contributed by atoms with Gasteiger partial charge in [0.1, 0.15) is 0 Å². The highest BCUT2D eigenvalue weighted by molar-refractivity contribution is 4.70. The first-order valence-electron chi connectivity index (χ1n) is 5.83. The second kappa shape index (κ2) is 6.41. The molecular weight excluding hydrogens is 174 g/mol. The van der Waals surface area contributed by atoms with Gasteiger partial charge in [-0.2, -0.15) is 0 Å². The van der Waals surface area contributed by atoms with Gasteiger partial charge in [-0.3, -0.25) is 0 Å². The van der Waals surface area contributed by atoms with Crippen LogP contribution in [0.1, 0.15) is 53.9 Å². The highest BCUT2D eigenvalue weighted by Crippen LogP contribution is 2.11. The van der Waals surface area contributed by atoms with Crippen molar-refractivity contribution >= 4 is 0 Å². The predicted octanol–water partition coefficient (Wildman–Crippen LogP) is 2.66. The van der Waals surface area contributed by atoms with Crippen molar-refractivity contribution < 1.29 is 5.11 Å². The molecule has 14 heavy (non-hydrogen) atoms. The molecule has 0 atom stereocenters. The maximum atomic E-state index is 9.65. The van der Waals surface area contributed by atoms with Crippen molar-refractivity contribution in [2.45, 2.75) is 65.5 Å². The Morgan fingerprint density at radius 3 is 2.14 bits per heavy atom. The zero-order valence-electron chi connectivity index (χ0n) is 10.5. The van der Waals surface area contributed by atoms with Gasteiger partial charge in [0.2, 0.25) is 0 Å². The average molecular weight is 201 g/mol. The Hall–Kier alpha value is -0.0800. The average Bonchev–Trinajstić information content (AvgIpc) is 2.01. The van der Waals surface area contributed by atoms with Crippen LogP contribution in [0.15, 0.2) is 0 Å². The lowest BCUT2D eigenvalue weighted by molar-refractivity contribution is 0.0530. The molecule has 0 heterocycles. The first-order valence-corrected chi connectivity index (χ1v) is 5.83. The Morgan fingerprint density at radius 1 is 1.21 bits per heavy atom. The highest BCUT2D eigenvalue weighted by Gasteiger charge is 2.16. The van der Waals surface area contributed by atoms with E-state index in [2.05, 4.69) is 25.7 Å². The predicted molar refractivity (Wildman–Crippen MR) is 62.5 cm³/mol. The first-order chi connectivity index (χ1) is 6.37. The summed E-state index contributed by atoms with van der Waals surface area (Å²) in [7, 11) is 0. The Balaban J connectivity index is 3.85. The number of hydrogen-bond donors (Lipinski definition) is 1. The summed E-state index contributed by atoms with van der Waals surface area (Å²) in [6.45, 7) is 12.6. The molecule has 0 saturated carbocycles. The van der Waals surface area contributed by atoms with Crippen LogP contribution in [0.4, 0.5) is 0 Å². The van der Waals surface area contributed by atoms with Crippen LogP contribution in [0.3, 0.4) is 0 Å². The number of nitrogens with zero attached hydrogens (tertiary/aromatic N) is 1. The molecule has 0 fully saturated rings. The van der Waals surface area contributed by atoms with Gasteiger partial charge < -0.3 is 10.0 Å². The maximum Gasteiger partial charge on any atom is 0.0603 e. The van der Waals surface area contributed by atoms with Crippen LogP contribution in [0, 0.1) is 0 Å². The van der Waals surface area contributed by atoms with Crippen molar-refractivity contribution in [3.8, 4) is 0 Å². The summed E-state index contributed by atoms with van der Waals surface area (Å²) >= 11 is 0. The van der Waals surface area contributed by atoms with Gasteiger partial charge >= 0.3 is 0 Å². The molecule has 0 saturated heterocycles. The van der Waals surface area contributed by atoms with Gasteiger partial charge in [-0.25, -0.2) is 0 Å². The molecule has 0 aromatic heterocycles. The fourth-order valence-corrected chi connectivity index (χ4v) is 1.41. The zero-order valence-corrected chi connectivity index (χ0v) is 10.5. The monoisotopic (exact) mass is 201 g/mol. The highest BCUT2D eigenvalue weighted by atomic mass is 16.3. The summed E-state index contributed by atoms with van der Waals surface area (Å²) in [6, 6.07) is 0.587. The molecule has 1 N–H and O–H groups in total. The van der Waals surface area contributed by atoms with Gasteiger partial charge in [0, 0.05) is 12.6 Å². The van der Waals surface area contributed by atoms with Crippen molar-refractivity contribution in [2.75, 3.05) is 13.1 Å². The van der Waals surface area contributed by atoms with Crippen molar-refractivity contribution in [3.05, 3.63) is 0 Å². The van der Waals surface area contributed by atoms with Gasteiger partial charge in [-0.15, -0.1) is 0 Å². The van der Waals surface area contributed by atoms with E-state index >= 15 is 0 Å². The minimum atomic E-state index is -0.528. The number of unbranched alkanes of at least 4 members (excludes halogenated alkanes) is 1. The van der Waals surface area contributed by atoms with E-state index in [-0.39, 0.29) is 0 Å². The Kier molecular flexibility index (Phi) is 6.38. The number of rotatable bonds is 7. The van der Waals surface area contributed by atoms with Crippen molar-refractivity contribution in [1.29, 1.82) is 0 Å². The third kappa shape index (κ3) is 7.34. The topological polar surface area (TPSA) is 23.5 Å². The second-order valence-electron chi connectivity index (χ2n) is 5.05. The third-order valence-electron chi connectivity index (χ3n) is 2.54. The van der Waals surface area contributed by atoms with E-state index in [1.807, 2.05) is 13.8 Å². The SMILES string of the molecule is CCCCN(CCC(C)(C)O)C(C)C. The molecule has 0 aliphatic heterocycles. The van der Waals surface area contributed by atoms with Crippen LogP contribution in [0.2, 0.25) is 0 Å². The molecule has 0 spiro atoms. The van der Waals surface area contributed by atoms with E-state index in [1.54, 1.807) is 0 Å². The molecular formula is C12H27NO. The summed E-state index contributed by atoms with van der Waals surface area (Å²) in [5.74, 6) is 0. The molecule has 0 aliphatic carbocycles. The normalized spacial score (nSPS) is 12.9. The molecule has 0 rings (SSSR count). The van der Waals surface area contributed by atoms with Gasteiger partial charge in [0.15, 0.2) is 0 Å². The molecule has 0 unspecified atom stereocenters. The second-order valence-corrected chi connectivity index (χ2v) is 5.05. The smallest absolute Gasteiger partial charge is 0.0603 e. The zero-order chi connectivity index (χ0) is 11.2. The summed E-state index contributed by atoms with van der Waals surface area (Å²) in [6.07, 6.45) is 3.35. The van der Waals surface area contributed by atoms with Gasteiger partial charge in [-0.1, -0.05) is 13.3 Å². The van der Waals surface area contributed by atoms with Crippen LogP contribution in [-0.2, 0) is 0 Å². The molecule has 0 bridgehead atoms. The third-order valence-corrected chi connectivity index (χ3v) is 2.54. The molecule has 0 radical (unpaired) electrons. The van der Waals surface area contributed by atoms with E-state index in [0.717, 1.165) is 19.5 Å². The van der Waals surface area contributed by atoms with E-state index in [1.165, 1.54) is 12.8 Å². The first kappa shape index (κ1) is 13.9. The molecule has 0 amide bonds. The van der Waals surface area contributed by atoms with E-state index < -0.39 is 5.60 Å². The number of hydrogen-bond acceptors (Lipinski definition) is 2. The lowest BCUT2D eigenvalue weighted by Gasteiger charge is -2.29. The Labute approximate surface area is 89.3 Å². The maximum absolute atomic E-state index is 9.65. The van der Waals surface area contributed by atoms with Crippen molar-refractivity contribution in [3.63, 3.8) is 0 Å². The van der Waals surface area contributed by atoms with E-state index in [4.69, 9.17) is 0 Å². The Bertz CT molecular complexity index is 138. The number of aliphatic hydroxyl groups is 1. The van der Waals surface area contributed by atoms with Crippen LogP contribution >= 0.6 is 0 Å². The van der Waals surface area contributed by atoms with E-state index in [0.29, 0.717) is 6.04 Å². The molecule has 0 aromatic carbocycles. The fourth-order valence-electron chi connectivity index (χ4n) is 1.41. The largest absolute Gasteiger partial charge is 0.390 e. The minimum Gasteiger partial charge on any atom is -0.390 e. The van der Waals surface area contributed by atoms with Crippen molar-refractivity contribution in [2.24, 2.45) is 0 Å². The van der Waals surface area contributed by atoms with Crippen molar-refractivity contribution in [1.82, 2.24) is 4.90 Å². The molecule has 2 nitrogen and oxygen atoms in total. The molecule has 0 aliphatic rings. The van der Waals surface area contributed by atoms with E-state index in [9.17, 15) is 5.11 Å². The summed E-state index contributed by atoms with van der Waals surface area (Å²) < 4.78 is 0. The standard InChI is InChI=1S/C12H27NO/c1-6-7-9-13(11(2)3)10-8-12(4,5)14/h11,14H,6-10H2,1-5H3. The van der Waals surface area contributed by atoms with Gasteiger partial charge in [0.05, 0.1) is 5.60 Å². The molecule has 2 heteroatoms. The molecule has 0 aromatic rings. The summed E-state index contributed by atoms with van der Waals surface area (Å²) in [5, 5.41) is 9.65. The summed E-state index contributed by atoms with van der Waals surface area (Å²) in [5.41, 5.74) is -0.528. The van der Waals surface area contributed by atoms with Gasteiger partial charge in [0.25, 0.3) is 0 Å².